The van der Waals surface area contributed by atoms with Crippen LogP contribution in [0.3, 0.4) is 0 Å². The summed E-state index contributed by atoms with van der Waals surface area (Å²) >= 11 is 0. The first-order chi connectivity index (χ1) is 27.2. The third-order valence-electron chi connectivity index (χ3n) is 11.0. The Morgan fingerprint density at radius 2 is 1.66 bits per heavy atom. The molecule has 16 heteroatoms. The van der Waals surface area contributed by atoms with Gasteiger partial charge in [0.25, 0.3) is 17.6 Å². The largest absolute Gasteiger partial charge is 0.507 e. The van der Waals surface area contributed by atoms with Crippen LogP contribution in [-0.2, 0) is 28.6 Å². The van der Waals surface area contributed by atoms with Gasteiger partial charge in [-0.15, -0.1) is 0 Å². The number of ketones is 1. The van der Waals surface area contributed by atoms with Crippen LogP contribution in [0.4, 0.5) is 5.69 Å². The van der Waals surface area contributed by atoms with Crippen LogP contribution >= 0.6 is 0 Å². The quantitative estimate of drug-likeness (QED) is 0.172. The summed E-state index contributed by atoms with van der Waals surface area (Å²) in [6.07, 6.45) is 3.45. The van der Waals surface area contributed by atoms with E-state index in [1.807, 2.05) is 0 Å². The van der Waals surface area contributed by atoms with Gasteiger partial charge in [0.1, 0.15) is 23.4 Å². The van der Waals surface area contributed by atoms with Crippen LogP contribution in [0, 0.1) is 30.6 Å². The van der Waals surface area contributed by atoms with Gasteiger partial charge in [0.2, 0.25) is 0 Å². The molecule has 2 aromatic carbocycles. The number of hydrogen-bond donors (Lipinski definition) is 6. The highest BCUT2D eigenvalue weighted by Gasteiger charge is 2.49. The number of likely N-dealkylation sites (N-methyl/N-ethyl adjacent to an activating group) is 1. The van der Waals surface area contributed by atoms with Crippen LogP contribution in [0.5, 0.6) is 23.0 Å². The van der Waals surface area contributed by atoms with Crippen molar-refractivity contribution < 1.29 is 68.4 Å². The normalized spacial score (nSPS) is 30.1. The number of nitrogens with zero attached hydrogens (tertiary/aromatic N) is 1. The van der Waals surface area contributed by atoms with Crippen LogP contribution in [0.2, 0.25) is 0 Å². The van der Waals surface area contributed by atoms with Crippen molar-refractivity contribution in [2.45, 2.75) is 85.6 Å². The minimum absolute atomic E-state index is 0.00958. The number of aliphatic hydroxyl groups is 3. The topological polar surface area (TPSA) is 231 Å². The summed E-state index contributed by atoms with van der Waals surface area (Å²) in [6.45, 7) is 11.5. The maximum Gasteiger partial charge on any atom is 0.312 e. The number of aliphatic hydroxyl groups excluding tert-OH is 3. The minimum Gasteiger partial charge on any atom is -0.507 e. The Labute approximate surface area is 337 Å². The predicted molar refractivity (Wildman–Crippen MR) is 212 cm³/mol. The number of hydrogen-bond acceptors (Lipinski definition) is 14. The Morgan fingerprint density at radius 3 is 2.28 bits per heavy atom. The van der Waals surface area contributed by atoms with Crippen molar-refractivity contribution in [2.75, 3.05) is 39.2 Å². The fourth-order valence-electron chi connectivity index (χ4n) is 7.27. The van der Waals surface area contributed by atoms with Crippen molar-refractivity contribution in [2.24, 2.45) is 23.7 Å². The van der Waals surface area contributed by atoms with E-state index in [-0.39, 0.29) is 57.8 Å². The number of nitrogens with one attached hydrogen (secondary N) is 1. The molecule has 3 heterocycles. The first-order valence-electron chi connectivity index (χ1n) is 19.0. The standard InChI is InChI=1S/C42H56N2O14/c1-20-12-11-13-21(2)41(53)43-27-18-29(55-19-30(47)44(9)15-16-45)31-32(37(27)51)36(50)25(6)39-33(31)40(52)42(8,58-39)56-17-14-28(54-10)22(3)38(57-26(7)46)24(5)35(49)23(4)34(20)48/h11-14,17-18,20,22-24,28,34-35,38,45,48-51H,15-16,19H2,1-10H3,(H,43,53)/b12-11+,17-14+,21-13-. The third-order valence-corrected chi connectivity index (χ3v) is 11.0. The molecule has 0 spiro atoms. The summed E-state index contributed by atoms with van der Waals surface area (Å²) < 4.78 is 29.5. The maximum atomic E-state index is 14.4. The van der Waals surface area contributed by atoms with Gasteiger partial charge in [0.15, 0.2) is 12.4 Å². The molecule has 16 nitrogen and oxygen atoms in total. The SMILES string of the molecule is COC1/C=C/OC2(C)Oc3c(C)c(O)c4c(O)c(cc(OCC(=O)N(C)CCO)c4c3C2=O)NC(=O)/C(C)=C\C=C\C(C)C(O)C(C)C(O)C(C)C(OC(C)=O)C1C. The molecule has 58 heavy (non-hydrogen) atoms. The molecule has 2 aromatic rings. The monoisotopic (exact) mass is 812 g/mol. The Bertz CT molecular complexity index is 1990. The molecule has 318 valence electrons. The lowest BCUT2D eigenvalue weighted by molar-refractivity contribution is -0.160. The molecule has 6 N–H and O–H groups in total. The number of fused-ring (bicyclic) bond motifs is 14. The van der Waals surface area contributed by atoms with Crippen molar-refractivity contribution in [3.63, 3.8) is 0 Å². The molecule has 5 bridgehead atoms. The van der Waals surface area contributed by atoms with Gasteiger partial charge >= 0.3 is 11.8 Å². The number of Topliss-reactive ketones (excluding diaryl/α,β-unsaturated/α-hetero) is 1. The van der Waals surface area contributed by atoms with Gasteiger partial charge in [0.05, 0.1) is 47.8 Å². The highest BCUT2D eigenvalue weighted by molar-refractivity contribution is 6.21. The molecule has 0 aromatic heterocycles. The van der Waals surface area contributed by atoms with Crippen molar-refractivity contribution in [1.29, 1.82) is 0 Å². The number of benzene rings is 2. The van der Waals surface area contributed by atoms with Crippen LogP contribution in [0.25, 0.3) is 10.8 Å². The number of phenolic OH excluding ortho intramolecular Hbond substituents is 2. The third kappa shape index (κ3) is 9.25. The molecule has 0 aliphatic carbocycles. The van der Waals surface area contributed by atoms with Crippen molar-refractivity contribution in [3.8, 4) is 23.0 Å². The number of carbonyl (C=O) groups excluding carboxylic acids is 4. The fourth-order valence-corrected chi connectivity index (χ4v) is 7.27. The summed E-state index contributed by atoms with van der Waals surface area (Å²) in [5, 5.41) is 57.5. The summed E-state index contributed by atoms with van der Waals surface area (Å²) in [5.41, 5.74) is -0.143. The second-order valence-electron chi connectivity index (χ2n) is 15.2. The molecule has 0 saturated heterocycles. The number of phenols is 2. The number of allylic oxidation sites excluding steroid dienone is 2. The number of carbonyl (C=O) groups is 4. The van der Waals surface area contributed by atoms with Crippen LogP contribution in [0.1, 0.15) is 64.4 Å². The number of anilines is 1. The maximum absolute atomic E-state index is 14.4. The van der Waals surface area contributed by atoms with Gasteiger partial charge in [-0.3, -0.25) is 19.2 Å². The Kier molecular flexibility index (Phi) is 14.6. The predicted octanol–water partition coefficient (Wildman–Crippen LogP) is 3.88. The second kappa shape index (κ2) is 18.6. The fraction of sp³-hybridized carbons (Fsp3) is 0.524. The molecular weight excluding hydrogens is 756 g/mol. The molecule has 2 amide bonds. The van der Waals surface area contributed by atoms with E-state index >= 15 is 0 Å². The molecule has 5 rings (SSSR count). The van der Waals surface area contributed by atoms with E-state index in [1.54, 1.807) is 39.8 Å². The first-order valence-corrected chi connectivity index (χ1v) is 19.0. The number of ether oxygens (including phenoxy) is 5. The number of aromatic hydroxyl groups is 2. The Morgan fingerprint density at radius 1 is 0.983 bits per heavy atom. The number of rotatable bonds is 7. The molecule has 3 aliphatic rings. The van der Waals surface area contributed by atoms with E-state index in [1.165, 1.54) is 71.2 Å². The van der Waals surface area contributed by atoms with Crippen molar-refractivity contribution in [1.82, 2.24) is 4.90 Å². The zero-order valence-corrected chi connectivity index (χ0v) is 34.6. The average Bonchev–Trinajstić information content (AvgIpc) is 3.44. The van der Waals surface area contributed by atoms with E-state index in [0.29, 0.717) is 0 Å². The Hall–Kier alpha value is -5.16. The molecule has 3 aliphatic heterocycles. The number of amides is 2. The van der Waals surface area contributed by atoms with E-state index in [0.717, 1.165) is 0 Å². The van der Waals surface area contributed by atoms with Gasteiger partial charge in [-0.25, -0.2) is 0 Å². The Balaban J connectivity index is 1.93. The molecule has 0 radical (unpaired) electrons. The zero-order valence-electron chi connectivity index (χ0n) is 34.6. The minimum atomic E-state index is -2.05. The second-order valence-corrected chi connectivity index (χ2v) is 15.2. The summed E-state index contributed by atoms with van der Waals surface area (Å²) in [6, 6.07) is 1.21. The summed E-state index contributed by atoms with van der Waals surface area (Å²) in [7, 11) is 2.88. The van der Waals surface area contributed by atoms with Gasteiger partial charge in [-0.1, -0.05) is 45.9 Å². The molecular formula is C42H56N2O14. The summed E-state index contributed by atoms with van der Waals surface area (Å²) in [5.74, 6) is -8.51. The lowest BCUT2D eigenvalue weighted by atomic mass is 9.78. The highest BCUT2D eigenvalue weighted by Crippen LogP contribution is 2.54. The van der Waals surface area contributed by atoms with E-state index in [2.05, 4.69) is 5.32 Å². The molecule has 0 fully saturated rings. The highest BCUT2D eigenvalue weighted by atomic mass is 16.7. The molecule has 9 atom stereocenters. The molecule has 0 saturated carbocycles. The van der Waals surface area contributed by atoms with E-state index in [4.69, 9.17) is 23.7 Å². The summed E-state index contributed by atoms with van der Waals surface area (Å²) in [4.78, 5) is 54.3. The van der Waals surface area contributed by atoms with Crippen molar-refractivity contribution in [3.05, 3.63) is 53.3 Å². The van der Waals surface area contributed by atoms with Crippen molar-refractivity contribution >= 4 is 40.0 Å². The smallest absolute Gasteiger partial charge is 0.312 e. The number of esters is 1. The van der Waals surface area contributed by atoms with Crippen LogP contribution in [0.15, 0.2) is 42.2 Å². The zero-order chi connectivity index (χ0) is 43.4. The first kappa shape index (κ1) is 45.5. The molecule has 9 unspecified atom stereocenters. The van der Waals surface area contributed by atoms with Crippen LogP contribution in [-0.4, -0.2) is 118 Å². The van der Waals surface area contributed by atoms with Crippen LogP contribution < -0.4 is 14.8 Å². The van der Waals surface area contributed by atoms with Gasteiger partial charge < -0.3 is 59.4 Å². The lowest BCUT2D eigenvalue weighted by Crippen LogP contribution is -2.46. The number of methoxy groups -OCH3 is 1. The van der Waals surface area contributed by atoms with Gasteiger partial charge in [-0.2, -0.15) is 0 Å². The average molecular weight is 813 g/mol. The van der Waals surface area contributed by atoms with E-state index < -0.39 is 95.5 Å². The van der Waals surface area contributed by atoms with Gasteiger partial charge in [-0.05, 0) is 19.9 Å². The van der Waals surface area contributed by atoms with E-state index in [9.17, 15) is 44.7 Å². The van der Waals surface area contributed by atoms with Gasteiger partial charge in [0, 0.05) is 80.8 Å². The lowest BCUT2D eigenvalue weighted by Gasteiger charge is -2.38.